The molecule has 2 aromatic heterocycles. The average Bonchev–Trinajstić information content (AvgIpc) is 3.62. The topological polar surface area (TPSA) is 26.0 Å². The Kier molecular flexibility index (Phi) is 8.57. The van der Waals surface area contributed by atoms with Gasteiger partial charge < -0.3 is 9.40 Å². The third-order valence-corrected chi connectivity index (χ3v) is 9.96. The van der Waals surface area contributed by atoms with Crippen molar-refractivity contribution in [1.82, 2.24) is 4.98 Å². The third-order valence-electron chi connectivity index (χ3n) is 9.96. The minimum atomic E-state index is -2.47. The van der Waals surface area contributed by atoms with E-state index < -0.39 is 25.5 Å². The van der Waals surface area contributed by atoms with Crippen LogP contribution in [0, 0.1) is 37.3 Å². The fourth-order valence-electron chi connectivity index (χ4n) is 7.13. The zero-order valence-corrected chi connectivity index (χ0v) is 35.3. The Morgan fingerprint density at radius 2 is 1.40 bits per heavy atom. The maximum Gasteiger partial charge on any atom is 3.00 e. The van der Waals surface area contributed by atoms with Crippen molar-refractivity contribution in [2.75, 3.05) is 0 Å². The molecule has 9 aromatic rings. The van der Waals surface area contributed by atoms with Crippen molar-refractivity contribution in [1.29, 1.82) is 0 Å². The van der Waals surface area contributed by atoms with Gasteiger partial charge in [-0.2, -0.15) is 35.9 Å². The van der Waals surface area contributed by atoms with Crippen LogP contribution in [0.3, 0.4) is 0 Å². The van der Waals surface area contributed by atoms with Crippen LogP contribution in [0.2, 0.25) is 0 Å². The van der Waals surface area contributed by atoms with Crippen LogP contribution < -0.4 is 0 Å². The summed E-state index contributed by atoms with van der Waals surface area (Å²) in [4.78, 5) is 4.48. The number of pyridine rings is 1. The van der Waals surface area contributed by atoms with Crippen molar-refractivity contribution in [3.63, 3.8) is 0 Å². The van der Waals surface area contributed by atoms with E-state index in [0.717, 1.165) is 54.7 Å². The molecule has 0 aliphatic rings. The summed E-state index contributed by atoms with van der Waals surface area (Å²) in [5, 5.41) is 6.42. The van der Waals surface area contributed by atoms with Crippen LogP contribution in [0.4, 0.5) is 0 Å². The fourth-order valence-corrected chi connectivity index (χ4v) is 7.13. The summed E-state index contributed by atoms with van der Waals surface area (Å²) >= 11 is 0. The van der Waals surface area contributed by atoms with E-state index in [-0.39, 0.29) is 36.6 Å². The molecular formula is C54H48IrNO. The molecule has 0 bridgehead atoms. The minimum Gasteiger partial charge on any atom is -0.510 e. The zero-order valence-electron chi connectivity index (χ0n) is 40.9. The van der Waals surface area contributed by atoms with Gasteiger partial charge in [0.2, 0.25) is 0 Å². The van der Waals surface area contributed by atoms with Gasteiger partial charge in [0, 0.05) is 28.1 Å². The van der Waals surface area contributed by atoms with E-state index in [0.29, 0.717) is 27.8 Å². The smallest absolute Gasteiger partial charge is 0.510 e. The first-order chi connectivity index (χ1) is 30.0. The monoisotopic (exact) mass is 927 g/mol. The van der Waals surface area contributed by atoms with E-state index in [4.69, 9.17) is 15.4 Å². The average molecular weight is 927 g/mol. The molecule has 2 heterocycles. The van der Waals surface area contributed by atoms with Gasteiger partial charge in [-0.25, -0.2) is 5.56 Å². The number of hydrogen-bond donors (Lipinski definition) is 0. The molecule has 0 saturated heterocycles. The van der Waals surface area contributed by atoms with Crippen LogP contribution in [0.1, 0.15) is 74.8 Å². The van der Waals surface area contributed by atoms with E-state index >= 15 is 0 Å². The summed E-state index contributed by atoms with van der Waals surface area (Å²) in [6, 6.07) is 50.1. The Hall–Kier alpha value is -5.34. The van der Waals surface area contributed by atoms with Crippen molar-refractivity contribution in [2.24, 2.45) is 5.41 Å². The number of nitrogens with zero attached hydrogens (tertiary/aromatic N) is 1. The van der Waals surface area contributed by atoms with E-state index in [9.17, 15) is 0 Å². The van der Waals surface area contributed by atoms with Crippen molar-refractivity contribution < 1.29 is 35.5 Å². The molecule has 0 saturated carbocycles. The first-order valence-electron chi connectivity index (χ1n) is 22.9. The van der Waals surface area contributed by atoms with E-state index in [1.807, 2.05) is 66.7 Å². The normalized spacial score (nSPS) is 14.6. The van der Waals surface area contributed by atoms with Gasteiger partial charge in [-0.05, 0) is 73.8 Å². The number of hydrogen-bond acceptors (Lipinski definition) is 2. The Balaban J connectivity index is 0.000000205. The predicted molar refractivity (Wildman–Crippen MR) is 237 cm³/mol. The van der Waals surface area contributed by atoms with E-state index in [1.54, 1.807) is 39.1 Å². The van der Waals surface area contributed by atoms with Gasteiger partial charge >= 0.3 is 20.1 Å². The molecule has 0 aliphatic carbocycles. The maximum absolute atomic E-state index is 8.87. The molecule has 9 rings (SSSR count). The third kappa shape index (κ3) is 8.38. The molecule has 0 unspecified atom stereocenters. The van der Waals surface area contributed by atoms with Crippen LogP contribution in [0.5, 0.6) is 0 Å². The predicted octanol–water partition coefficient (Wildman–Crippen LogP) is 14.9. The number of fused-ring (bicyclic) bond motifs is 6. The van der Waals surface area contributed by atoms with Gasteiger partial charge in [-0.3, -0.25) is 0 Å². The number of furan rings is 1. The molecule has 0 spiro atoms. The molecule has 0 amide bonds. The Morgan fingerprint density at radius 3 is 2.18 bits per heavy atom. The van der Waals surface area contributed by atoms with Gasteiger partial charge in [0.1, 0.15) is 5.58 Å². The van der Waals surface area contributed by atoms with Crippen molar-refractivity contribution >= 4 is 43.5 Å². The quantitative estimate of drug-likeness (QED) is 0.130. The zero-order chi connectivity index (χ0) is 46.0. The van der Waals surface area contributed by atoms with Crippen LogP contribution in [0.15, 0.2) is 138 Å². The number of aromatic nitrogens is 1. The number of benzene rings is 7. The summed E-state index contributed by atoms with van der Waals surface area (Å²) < 4.78 is 71.8. The fraction of sp³-hybridized carbons (Fsp3) is 0.204. The molecule has 0 aliphatic heterocycles. The van der Waals surface area contributed by atoms with Crippen LogP contribution in [-0.2, 0) is 31.9 Å². The molecule has 0 fully saturated rings. The summed E-state index contributed by atoms with van der Waals surface area (Å²) in [6.45, 7) is 7.12. The molecule has 284 valence electrons. The van der Waals surface area contributed by atoms with Crippen molar-refractivity contribution in [3.8, 4) is 33.5 Å². The molecule has 3 heteroatoms. The molecular weight excluding hydrogens is 871 g/mol. The summed E-state index contributed by atoms with van der Waals surface area (Å²) in [5.41, 5.74) is 6.46. The summed E-state index contributed by atoms with van der Waals surface area (Å²) in [7, 11) is 0. The molecule has 57 heavy (non-hydrogen) atoms. The summed E-state index contributed by atoms with van der Waals surface area (Å²) in [5.74, 6) is 0. The van der Waals surface area contributed by atoms with Gasteiger partial charge in [0.05, 0.1) is 0 Å². The molecule has 2 nitrogen and oxygen atoms in total. The Morgan fingerprint density at radius 1 is 0.667 bits per heavy atom. The first kappa shape index (κ1) is 30.8. The van der Waals surface area contributed by atoms with E-state index in [2.05, 4.69) is 86.4 Å². The van der Waals surface area contributed by atoms with Gasteiger partial charge in [-0.1, -0.05) is 139 Å². The van der Waals surface area contributed by atoms with Crippen molar-refractivity contribution in [3.05, 3.63) is 174 Å². The second-order valence-electron chi connectivity index (χ2n) is 16.3. The Labute approximate surface area is 362 Å². The number of rotatable bonds is 4. The van der Waals surface area contributed by atoms with Crippen LogP contribution >= 0.6 is 0 Å². The largest absolute Gasteiger partial charge is 3.00 e. The number of aryl methyl sites for hydroxylation is 2. The second kappa shape index (κ2) is 15.9. The standard InChI is InChI=1S/C32H26O.C22H22N.Ir/c1-20-12-13-22(16-24(20)19-32(2,3)4)26-10-7-11-27-29-17-23-15-14-21-8-5-6-9-25(21)28(23)18-30(29)33-31(26)27;1-16-10-11-18(14-20(16)17-8-6-5-7-9-17)21-15-19(12-13-23-21)22(2,3)4;/h5-9,11-12,14-18H,19H2,1-4H3;5-10,12-15H,1-4H3;/q-2;-1;+3/i1D3,19D2;1D3;. The first-order valence-corrected chi connectivity index (χ1v) is 18.9. The molecule has 0 N–H and O–H groups in total. The Bertz CT molecular complexity index is 3190. The molecule has 0 atom stereocenters. The van der Waals surface area contributed by atoms with E-state index in [1.165, 1.54) is 11.6 Å². The van der Waals surface area contributed by atoms with Gasteiger partial charge in [0.25, 0.3) is 0 Å². The van der Waals surface area contributed by atoms with Gasteiger partial charge in [-0.15, -0.1) is 46.5 Å². The maximum atomic E-state index is 8.87. The second-order valence-corrected chi connectivity index (χ2v) is 16.3. The van der Waals surface area contributed by atoms with Crippen LogP contribution in [-0.4, -0.2) is 4.98 Å². The SMILES string of the molecule is [2H]C([2H])([2H])c1c[c-]c(-c2[c-]ccc3c2oc2cc4c(ccc5ccccc54)cc23)cc1C([2H])([2H])C(C)(C)C.[2H]C([2H])([2H])c1c[c-]c(-c2cc(C(C)(C)C)ccn2)cc1-c1ccccc1.[Ir+3]. The van der Waals surface area contributed by atoms with Crippen LogP contribution in [0.25, 0.3) is 77.0 Å². The minimum absolute atomic E-state index is 0. The van der Waals surface area contributed by atoms with Crippen molar-refractivity contribution in [2.45, 2.75) is 67.0 Å². The summed E-state index contributed by atoms with van der Waals surface area (Å²) in [6.07, 6.45) is -0.106. The van der Waals surface area contributed by atoms with Gasteiger partial charge in [0.15, 0.2) is 0 Å². The molecule has 7 aromatic carbocycles. The molecule has 0 radical (unpaired) electrons.